The number of fused-ring (bicyclic) bond motifs is 10. The van der Waals surface area contributed by atoms with E-state index in [0.717, 1.165) is 45.1 Å². The van der Waals surface area contributed by atoms with Gasteiger partial charge in [0.2, 0.25) is 0 Å². The van der Waals surface area contributed by atoms with Gasteiger partial charge in [0.25, 0.3) is 0 Å². The Morgan fingerprint density at radius 3 is 1.46 bits per heavy atom. The highest BCUT2D eigenvalue weighted by Crippen LogP contribution is 2.48. The maximum atomic E-state index is 7.20. The fourth-order valence-electron chi connectivity index (χ4n) is 12.8. The van der Waals surface area contributed by atoms with Crippen molar-refractivity contribution in [1.82, 2.24) is 14.1 Å². The second kappa shape index (κ2) is 20.0. The van der Waals surface area contributed by atoms with Crippen LogP contribution in [-0.4, -0.2) is 14.1 Å². The maximum Gasteiger partial charge on any atom is 0.137 e. The fraction of sp³-hybridized carbons (Fsp3) is 0.263. The highest BCUT2D eigenvalue weighted by molar-refractivity contribution is 6.22. The number of benzene rings is 9. The van der Waals surface area contributed by atoms with Gasteiger partial charge in [0.05, 0.1) is 27.8 Å². The molecule has 1 aliphatic rings. The van der Waals surface area contributed by atoms with Crippen LogP contribution in [0.5, 0.6) is 11.5 Å². The quantitative estimate of drug-likeness (QED) is 0.166. The van der Waals surface area contributed by atoms with Crippen molar-refractivity contribution in [3.8, 4) is 39.6 Å². The van der Waals surface area contributed by atoms with Gasteiger partial charge in [0, 0.05) is 51.1 Å². The van der Waals surface area contributed by atoms with E-state index in [0.29, 0.717) is 6.67 Å². The molecule has 0 saturated carbocycles. The zero-order chi connectivity index (χ0) is 59.7. The molecule has 0 unspecified atom stereocenters. The molecule has 0 amide bonds. The smallest absolute Gasteiger partial charge is 0.137 e. The number of hydrogen-bond donors (Lipinski definition) is 0. The molecule has 13 rings (SSSR count). The number of rotatable bonds is 6. The molecular weight excluding hydrogens is 1030 g/mol. The zero-order valence-electron chi connectivity index (χ0n) is 52.5. The molecule has 426 valence electrons. The Labute approximate surface area is 502 Å². The van der Waals surface area contributed by atoms with Crippen molar-refractivity contribution in [2.24, 2.45) is 0 Å². The van der Waals surface area contributed by atoms with Crippen LogP contribution in [0.4, 0.5) is 11.4 Å². The molecule has 85 heavy (non-hydrogen) atoms. The summed E-state index contributed by atoms with van der Waals surface area (Å²) in [5, 5.41) is 9.57. The standard InChI is InChI=1S/C80H80N4O/c1-76(2,3)53-36-37-81-73(46-53)84-70-32-21-20-28-66(70)67-35-34-59(48-72(67)84)85-60-45-57(80(13,14)15)44-58(47-60)82-49-83-74-61(52-38-50(39-54(42-52)77(4,5)6)51-40-55(78(7,8)9)43-56(41-51)79(10,11)12)29-22-30-68(74)64-26-18-16-24-62(64)63-25-17-19-27-65(63)69-31-23-33-71(82)75(69)83/h16-48H,49H2,1-15H3. The zero-order valence-corrected chi connectivity index (χ0v) is 52.5. The van der Waals surface area contributed by atoms with E-state index >= 15 is 0 Å². The van der Waals surface area contributed by atoms with Crippen molar-refractivity contribution < 1.29 is 4.74 Å². The first-order valence-corrected chi connectivity index (χ1v) is 30.4. The topological polar surface area (TPSA) is 35.2 Å². The minimum Gasteiger partial charge on any atom is -0.457 e. The van der Waals surface area contributed by atoms with Gasteiger partial charge in [-0.15, -0.1) is 0 Å². The Morgan fingerprint density at radius 1 is 0.353 bits per heavy atom. The van der Waals surface area contributed by atoms with Crippen LogP contribution < -0.4 is 9.64 Å². The van der Waals surface area contributed by atoms with Crippen LogP contribution in [0.1, 0.15) is 132 Å². The molecule has 4 heterocycles. The number of pyridine rings is 1. The molecular formula is C80H80N4O. The van der Waals surface area contributed by atoms with Crippen molar-refractivity contribution in [2.45, 2.75) is 138 Å². The first-order chi connectivity index (χ1) is 40.3. The summed E-state index contributed by atoms with van der Waals surface area (Å²) in [4.78, 5) is 7.51. The van der Waals surface area contributed by atoms with E-state index in [1.165, 1.54) is 98.8 Å². The van der Waals surface area contributed by atoms with Gasteiger partial charge in [-0.3, -0.25) is 4.57 Å². The SMILES string of the molecule is CC(C)(C)c1cc(-c2cc(C(C)(C)C)cc(C(C)(C)C)c2)cc(-c2cccc3c4ccccc4c4ccccc4c4cccc5c4n(c23)CN5c2cc(Oc3ccc4c5ccccc5n(-c5cc(C(C)(C)C)ccn5)c4c3)cc(C(C)(C)C)c2)c1. The highest BCUT2D eigenvalue weighted by Gasteiger charge is 2.29. The van der Waals surface area contributed by atoms with Crippen molar-refractivity contribution in [3.63, 3.8) is 0 Å². The minimum absolute atomic E-state index is 0.0283. The van der Waals surface area contributed by atoms with Crippen LogP contribution >= 0.6 is 0 Å². The van der Waals surface area contributed by atoms with E-state index in [1.807, 2.05) is 6.20 Å². The molecule has 0 radical (unpaired) electrons. The van der Waals surface area contributed by atoms with Gasteiger partial charge in [-0.25, -0.2) is 4.98 Å². The van der Waals surface area contributed by atoms with Gasteiger partial charge >= 0.3 is 0 Å². The number of nitrogens with zero attached hydrogens (tertiary/aromatic N) is 4. The number of hydrogen-bond acceptors (Lipinski definition) is 3. The van der Waals surface area contributed by atoms with E-state index in [1.54, 1.807) is 0 Å². The summed E-state index contributed by atoms with van der Waals surface area (Å²) < 4.78 is 12.1. The van der Waals surface area contributed by atoms with Gasteiger partial charge in [0.15, 0.2) is 0 Å². The number of para-hydroxylation sites is 3. The molecule has 5 heteroatoms. The molecule has 3 aromatic heterocycles. The van der Waals surface area contributed by atoms with Crippen LogP contribution in [0.2, 0.25) is 0 Å². The van der Waals surface area contributed by atoms with Crippen LogP contribution in [0.15, 0.2) is 200 Å². The molecule has 12 aromatic rings. The van der Waals surface area contributed by atoms with E-state index in [-0.39, 0.29) is 27.1 Å². The van der Waals surface area contributed by atoms with Gasteiger partial charge < -0.3 is 14.2 Å². The first kappa shape index (κ1) is 55.5. The summed E-state index contributed by atoms with van der Waals surface area (Å²) in [5.74, 6) is 2.44. The molecule has 0 aliphatic carbocycles. The molecule has 0 spiro atoms. The van der Waals surface area contributed by atoms with Gasteiger partial charge in [0.1, 0.15) is 24.0 Å². The molecule has 5 nitrogen and oxygen atoms in total. The van der Waals surface area contributed by atoms with Crippen LogP contribution in [0.3, 0.4) is 0 Å². The Balaban J connectivity index is 1.05. The average molecular weight is 1110 g/mol. The maximum absolute atomic E-state index is 7.20. The monoisotopic (exact) mass is 1110 g/mol. The van der Waals surface area contributed by atoms with Crippen LogP contribution in [0, 0.1) is 0 Å². The summed E-state index contributed by atoms with van der Waals surface area (Å²) in [6.45, 7) is 35.3. The number of ether oxygens (including phenoxy) is 1. The van der Waals surface area contributed by atoms with Crippen molar-refractivity contribution in [3.05, 3.63) is 228 Å². The van der Waals surface area contributed by atoms with E-state index in [9.17, 15) is 0 Å². The summed E-state index contributed by atoms with van der Waals surface area (Å²) in [7, 11) is 0. The normalized spacial score (nSPS) is 13.3. The summed E-state index contributed by atoms with van der Waals surface area (Å²) in [6.07, 6.45) is 1.94. The lowest BCUT2D eigenvalue weighted by Crippen LogP contribution is -2.17. The largest absolute Gasteiger partial charge is 0.457 e. The molecule has 1 aliphatic heterocycles. The third-order valence-corrected chi connectivity index (χ3v) is 17.8. The first-order valence-electron chi connectivity index (χ1n) is 30.4. The Hall–Kier alpha value is -8.67. The van der Waals surface area contributed by atoms with Gasteiger partial charge in [-0.2, -0.15) is 0 Å². The number of anilines is 2. The average Bonchev–Trinajstić information content (AvgIpc) is 3.57. The molecule has 0 atom stereocenters. The lowest BCUT2D eigenvalue weighted by Gasteiger charge is -2.27. The summed E-state index contributed by atoms with van der Waals surface area (Å²) in [6, 6.07) is 73.1. The third-order valence-electron chi connectivity index (χ3n) is 17.8. The van der Waals surface area contributed by atoms with Gasteiger partial charge in [-0.05, 0) is 148 Å². The van der Waals surface area contributed by atoms with Crippen molar-refractivity contribution in [2.75, 3.05) is 4.90 Å². The van der Waals surface area contributed by atoms with E-state index < -0.39 is 0 Å². The predicted molar refractivity (Wildman–Crippen MR) is 364 cm³/mol. The Morgan fingerprint density at radius 2 is 0.847 bits per heavy atom. The lowest BCUT2D eigenvalue weighted by atomic mass is 9.78. The predicted octanol–water partition coefficient (Wildman–Crippen LogP) is 22.4. The summed E-state index contributed by atoms with van der Waals surface area (Å²) in [5.41, 5.74) is 17.6. The van der Waals surface area contributed by atoms with Crippen LogP contribution in [0.25, 0.3) is 93.2 Å². The Bertz CT molecular complexity index is 4710. The van der Waals surface area contributed by atoms with Crippen LogP contribution in [-0.2, 0) is 33.7 Å². The lowest BCUT2D eigenvalue weighted by molar-refractivity contribution is 0.479. The van der Waals surface area contributed by atoms with Crippen molar-refractivity contribution >= 4 is 76.5 Å². The number of aromatic nitrogens is 3. The summed E-state index contributed by atoms with van der Waals surface area (Å²) >= 11 is 0. The Kier molecular flexibility index (Phi) is 13.0. The molecule has 0 bridgehead atoms. The van der Waals surface area contributed by atoms with Gasteiger partial charge in [-0.1, -0.05) is 231 Å². The molecule has 0 saturated heterocycles. The third kappa shape index (κ3) is 9.99. The minimum atomic E-state index is -0.197. The second-order valence-electron chi connectivity index (χ2n) is 29.1. The highest BCUT2D eigenvalue weighted by atomic mass is 16.5. The molecule has 9 aromatic carbocycles. The van der Waals surface area contributed by atoms with E-state index in [2.05, 4.69) is 312 Å². The second-order valence-corrected chi connectivity index (χ2v) is 29.1. The molecule has 0 N–H and O–H groups in total. The molecule has 0 fully saturated rings. The van der Waals surface area contributed by atoms with Crippen molar-refractivity contribution in [1.29, 1.82) is 0 Å². The van der Waals surface area contributed by atoms with E-state index in [4.69, 9.17) is 9.72 Å². The fourth-order valence-corrected chi connectivity index (χ4v) is 12.8.